The van der Waals surface area contributed by atoms with Gasteiger partial charge in [0, 0.05) is 25.7 Å². The average molecular weight is 391 g/mol. The number of methoxy groups -OCH3 is 1. The molecule has 0 aliphatic rings. The van der Waals surface area contributed by atoms with Crippen LogP contribution in [0.5, 0.6) is 5.75 Å². The number of sulfonamides is 1. The Kier molecular flexibility index (Phi) is 7.38. The monoisotopic (exact) mass is 390 g/mol. The van der Waals surface area contributed by atoms with Crippen molar-refractivity contribution in [1.29, 1.82) is 0 Å². The summed E-state index contributed by atoms with van der Waals surface area (Å²) in [6.07, 6.45) is 1.62. The highest BCUT2D eigenvalue weighted by Crippen LogP contribution is 2.19. The van der Waals surface area contributed by atoms with Crippen LogP contribution in [0, 0.1) is 0 Å². The van der Waals surface area contributed by atoms with Crippen LogP contribution in [0.4, 0.5) is 5.69 Å². The third-order valence-electron chi connectivity index (χ3n) is 4.24. The lowest BCUT2D eigenvalue weighted by molar-refractivity contribution is -0.118. The molecule has 0 atom stereocenters. The Labute approximate surface area is 161 Å². The van der Waals surface area contributed by atoms with Crippen molar-refractivity contribution >= 4 is 21.6 Å². The van der Waals surface area contributed by atoms with Crippen LogP contribution >= 0.6 is 0 Å². The molecule has 0 spiro atoms. The van der Waals surface area contributed by atoms with Crippen LogP contribution < -0.4 is 14.4 Å². The van der Waals surface area contributed by atoms with E-state index in [0.29, 0.717) is 19.4 Å². The van der Waals surface area contributed by atoms with Crippen molar-refractivity contribution in [2.24, 2.45) is 0 Å². The molecule has 0 saturated heterocycles. The third-order valence-corrected chi connectivity index (χ3v) is 5.71. The van der Waals surface area contributed by atoms with Gasteiger partial charge in [-0.2, -0.15) is 0 Å². The van der Waals surface area contributed by atoms with E-state index in [1.54, 1.807) is 43.3 Å². The van der Waals surface area contributed by atoms with E-state index in [1.807, 2.05) is 31.2 Å². The topological polar surface area (TPSA) is 75.7 Å². The van der Waals surface area contributed by atoms with E-state index in [1.165, 1.54) is 0 Å². The van der Waals surface area contributed by atoms with Gasteiger partial charge in [0.25, 0.3) is 0 Å². The zero-order valence-corrected chi connectivity index (χ0v) is 16.8. The van der Waals surface area contributed by atoms with Crippen molar-refractivity contribution in [2.75, 3.05) is 25.6 Å². The maximum absolute atomic E-state index is 12.4. The SMILES string of the molecule is CCCNS(=O)(=O)c1ccc(CCC(=O)N(C)c2ccc(OC)cc2)cc1. The Balaban J connectivity index is 1.94. The standard InChI is InChI=1S/C20H26N2O4S/c1-4-15-21-27(24,25)19-12-5-16(6-13-19)7-14-20(23)22(2)17-8-10-18(26-3)11-9-17/h5-6,8-13,21H,4,7,14-15H2,1-3H3. The van der Waals surface area contributed by atoms with Crippen LogP contribution in [0.3, 0.4) is 0 Å². The molecule has 2 aromatic carbocycles. The average Bonchev–Trinajstić information content (AvgIpc) is 2.70. The van der Waals surface area contributed by atoms with E-state index in [9.17, 15) is 13.2 Å². The van der Waals surface area contributed by atoms with E-state index in [0.717, 1.165) is 23.4 Å². The predicted octanol–water partition coefficient (Wildman–Crippen LogP) is 2.98. The first-order valence-corrected chi connectivity index (χ1v) is 10.3. The minimum Gasteiger partial charge on any atom is -0.497 e. The highest BCUT2D eigenvalue weighted by Gasteiger charge is 2.14. The zero-order valence-electron chi connectivity index (χ0n) is 15.9. The third kappa shape index (κ3) is 5.80. The van der Waals surface area contributed by atoms with Crippen LogP contribution in [-0.4, -0.2) is 35.0 Å². The molecule has 0 bridgehead atoms. The Morgan fingerprint density at radius 1 is 1.07 bits per heavy atom. The van der Waals surface area contributed by atoms with Gasteiger partial charge in [-0.3, -0.25) is 4.79 Å². The minimum absolute atomic E-state index is 0.0125. The Morgan fingerprint density at radius 3 is 2.26 bits per heavy atom. The van der Waals surface area contributed by atoms with Gasteiger partial charge >= 0.3 is 0 Å². The van der Waals surface area contributed by atoms with Crippen molar-refractivity contribution in [1.82, 2.24) is 4.72 Å². The first-order chi connectivity index (χ1) is 12.9. The second-order valence-corrected chi connectivity index (χ2v) is 7.96. The summed E-state index contributed by atoms with van der Waals surface area (Å²) in [6.45, 7) is 2.32. The first-order valence-electron chi connectivity index (χ1n) is 8.86. The van der Waals surface area contributed by atoms with Gasteiger partial charge in [0.2, 0.25) is 15.9 Å². The van der Waals surface area contributed by atoms with Crippen molar-refractivity contribution in [3.05, 3.63) is 54.1 Å². The molecule has 0 heterocycles. The fourth-order valence-electron chi connectivity index (χ4n) is 2.52. The minimum atomic E-state index is -3.46. The van der Waals surface area contributed by atoms with Gasteiger partial charge in [-0.25, -0.2) is 13.1 Å². The normalized spacial score (nSPS) is 11.2. The molecule has 0 radical (unpaired) electrons. The number of carbonyl (C=O) groups excluding carboxylic acids is 1. The quantitative estimate of drug-likeness (QED) is 0.714. The number of anilines is 1. The summed E-state index contributed by atoms with van der Waals surface area (Å²) in [7, 11) is -0.128. The van der Waals surface area contributed by atoms with Crippen LogP contribution in [0.15, 0.2) is 53.4 Å². The predicted molar refractivity (Wildman–Crippen MR) is 107 cm³/mol. The molecule has 1 amide bonds. The number of hydrogen-bond donors (Lipinski definition) is 1. The number of benzene rings is 2. The summed E-state index contributed by atoms with van der Waals surface area (Å²) < 4.78 is 31.8. The fraction of sp³-hybridized carbons (Fsp3) is 0.350. The Hall–Kier alpha value is -2.38. The second kappa shape index (κ2) is 9.53. The zero-order chi connectivity index (χ0) is 19.9. The van der Waals surface area contributed by atoms with Gasteiger partial charge in [-0.05, 0) is 54.8 Å². The van der Waals surface area contributed by atoms with Gasteiger partial charge in [0.1, 0.15) is 5.75 Å². The first kappa shape index (κ1) is 20.9. The molecule has 146 valence electrons. The van der Waals surface area contributed by atoms with Gasteiger partial charge in [0.05, 0.1) is 12.0 Å². The van der Waals surface area contributed by atoms with Crippen LogP contribution in [-0.2, 0) is 21.2 Å². The maximum atomic E-state index is 12.4. The molecule has 2 aromatic rings. The summed E-state index contributed by atoms with van der Waals surface area (Å²) >= 11 is 0. The summed E-state index contributed by atoms with van der Waals surface area (Å²) in [5.74, 6) is 0.726. The molecular weight excluding hydrogens is 364 g/mol. The largest absolute Gasteiger partial charge is 0.497 e. The molecule has 1 N–H and O–H groups in total. The summed E-state index contributed by atoms with van der Waals surface area (Å²) in [6, 6.07) is 13.9. The molecule has 0 aromatic heterocycles. The van der Waals surface area contributed by atoms with E-state index >= 15 is 0 Å². The van der Waals surface area contributed by atoms with E-state index in [2.05, 4.69) is 4.72 Å². The number of ether oxygens (including phenoxy) is 1. The lowest BCUT2D eigenvalue weighted by atomic mass is 10.1. The van der Waals surface area contributed by atoms with Gasteiger partial charge < -0.3 is 9.64 Å². The van der Waals surface area contributed by atoms with Crippen molar-refractivity contribution < 1.29 is 17.9 Å². The Bertz CT molecular complexity index is 847. The number of hydrogen-bond acceptors (Lipinski definition) is 4. The highest BCUT2D eigenvalue weighted by molar-refractivity contribution is 7.89. The fourth-order valence-corrected chi connectivity index (χ4v) is 3.66. The van der Waals surface area contributed by atoms with Gasteiger partial charge in [-0.15, -0.1) is 0 Å². The molecule has 0 fully saturated rings. The second-order valence-electron chi connectivity index (χ2n) is 6.19. The van der Waals surface area contributed by atoms with E-state index in [-0.39, 0.29) is 10.8 Å². The molecule has 0 aliphatic heterocycles. The molecule has 0 saturated carbocycles. The number of nitrogens with one attached hydrogen (secondary N) is 1. The number of nitrogens with zero attached hydrogens (tertiary/aromatic N) is 1. The van der Waals surface area contributed by atoms with E-state index < -0.39 is 10.0 Å². The highest BCUT2D eigenvalue weighted by atomic mass is 32.2. The number of amides is 1. The number of aryl methyl sites for hydroxylation is 1. The van der Waals surface area contributed by atoms with Gasteiger partial charge in [0.15, 0.2) is 0 Å². The summed E-state index contributed by atoms with van der Waals surface area (Å²) in [5, 5.41) is 0. The van der Waals surface area contributed by atoms with Crippen molar-refractivity contribution in [2.45, 2.75) is 31.1 Å². The van der Waals surface area contributed by atoms with Crippen LogP contribution in [0.2, 0.25) is 0 Å². The molecule has 6 nitrogen and oxygen atoms in total. The molecular formula is C20H26N2O4S. The molecule has 0 aliphatic carbocycles. The summed E-state index contributed by atoms with van der Waals surface area (Å²) in [5.41, 5.74) is 1.71. The molecule has 0 unspecified atom stereocenters. The summed E-state index contributed by atoms with van der Waals surface area (Å²) in [4.78, 5) is 14.2. The molecule has 2 rings (SSSR count). The lowest BCUT2D eigenvalue weighted by Crippen LogP contribution is -2.26. The number of carbonyl (C=O) groups is 1. The van der Waals surface area contributed by atoms with Crippen LogP contribution in [0.25, 0.3) is 0 Å². The lowest BCUT2D eigenvalue weighted by Gasteiger charge is -2.17. The molecule has 7 heteroatoms. The Morgan fingerprint density at radius 2 is 1.70 bits per heavy atom. The van der Waals surface area contributed by atoms with E-state index in [4.69, 9.17) is 4.74 Å². The van der Waals surface area contributed by atoms with Crippen molar-refractivity contribution in [3.8, 4) is 5.75 Å². The van der Waals surface area contributed by atoms with Crippen LogP contribution in [0.1, 0.15) is 25.3 Å². The number of rotatable bonds is 9. The molecule has 27 heavy (non-hydrogen) atoms. The van der Waals surface area contributed by atoms with Gasteiger partial charge in [-0.1, -0.05) is 19.1 Å². The maximum Gasteiger partial charge on any atom is 0.240 e. The van der Waals surface area contributed by atoms with Crippen molar-refractivity contribution in [3.63, 3.8) is 0 Å². The smallest absolute Gasteiger partial charge is 0.240 e.